The van der Waals surface area contributed by atoms with Crippen molar-refractivity contribution in [1.82, 2.24) is 0 Å². The fourth-order valence-corrected chi connectivity index (χ4v) is 5.11. The molecule has 0 spiro atoms. The van der Waals surface area contributed by atoms with Crippen molar-refractivity contribution in [2.45, 2.75) is 31.6 Å². The molecule has 1 nitrogen and oxygen atoms in total. The van der Waals surface area contributed by atoms with Gasteiger partial charge in [0.25, 0.3) is 0 Å². The number of hydrogen-bond acceptors (Lipinski definition) is 1. The van der Waals surface area contributed by atoms with Crippen molar-refractivity contribution < 1.29 is 4.74 Å². The van der Waals surface area contributed by atoms with E-state index >= 15 is 0 Å². The highest BCUT2D eigenvalue weighted by Crippen LogP contribution is 2.44. The molecule has 1 fully saturated rings. The largest absolute Gasteiger partial charge is 0.496 e. The Labute approximate surface area is 95.2 Å². The van der Waals surface area contributed by atoms with Crippen molar-refractivity contribution in [1.29, 1.82) is 0 Å². The summed E-state index contributed by atoms with van der Waals surface area (Å²) in [6.45, 7) is 4.31. The monoisotopic (exact) mass is 224 g/mol. The zero-order chi connectivity index (χ0) is 10.8. The lowest BCUT2D eigenvalue weighted by Gasteiger charge is -2.18. The maximum atomic E-state index is 5.40. The molecule has 0 bridgehead atoms. The van der Waals surface area contributed by atoms with Crippen LogP contribution in [-0.4, -0.2) is 18.6 Å². The average Bonchev–Trinajstić information content (AvgIpc) is 2.69. The van der Waals surface area contributed by atoms with Crippen LogP contribution in [0.5, 0.6) is 5.75 Å². The molecule has 1 heterocycles. The Hall–Kier alpha value is -0.630. The predicted molar refractivity (Wildman–Crippen MR) is 68.7 cm³/mol. The first-order valence-corrected chi connectivity index (χ1v) is 7.34. The number of thiol groups is 1. The first-order chi connectivity index (χ1) is 7.22. The highest BCUT2D eigenvalue weighted by Gasteiger charge is 2.15. The molecule has 84 valence electrons. The van der Waals surface area contributed by atoms with Crippen LogP contribution in [-0.2, 0) is 0 Å². The van der Waals surface area contributed by atoms with Crippen molar-refractivity contribution in [3.05, 3.63) is 23.3 Å². The van der Waals surface area contributed by atoms with Gasteiger partial charge in [0.15, 0.2) is 0 Å². The van der Waals surface area contributed by atoms with E-state index in [2.05, 4.69) is 26.0 Å². The SMILES string of the molecule is COc1c(C)cc([SH]2CCCC2)cc1C. The lowest BCUT2D eigenvalue weighted by molar-refractivity contribution is 0.408. The number of hydrogen-bond donors (Lipinski definition) is 1. The second kappa shape index (κ2) is 4.48. The highest BCUT2D eigenvalue weighted by molar-refractivity contribution is 8.17. The highest BCUT2D eigenvalue weighted by atomic mass is 32.2. The molecule has 1 aromatic rings. The number of aryl methyl sites for hydroxylation is 2. The third-order valence-electron chi connectivity index (χ3n) is 3.12. The van der Waals surface area contributed by atoms with Gasteiger partial charge in [-0.15, -0.1) is 0 Å². The number of benzene rings is 1. The van der Waals surface area contributed by atoms with Gasteiger partial charge in [0.1, 0.15) is 5.75 Å². The molecule has 2 rings (SSSR count). The first kappa shape index (κ1) is 10.9. The molecule has 0 aliphatic carbocycles. The summed E-state index contributed by atoms with van der Waals surface area (Å²) in [5.74, 6) is 3.93. The van der Waals surface area contributed by atoms with Gasteiger partial charge in [-0.25, -0.2) is 10.9 Å². The summed E-state index contributed by atoms with van der Waals surface area (Å²) in [6, 6.07) is 4.67. The van der Waals surface area contributed by atoms with E-state index in [1.165, 1.54) is 35.5 Å². The minimum atomic E-state index is 0.154. The second-order valence-corrected chi connectivity index (χ2v) is 6.80. The third-order valence-corrected chi connectivity index (χ3v) is 5.82. The van der Waals surface area contributed by atoms with E-state index in [4.69, 9.17) is 4.74 Å². The summed E-state index contributed by atoms with van der Waals surface area (Å²) in [5, 5.41) is 0. The number of ether oxygens (including phenoxy) is 1. The van der Waals surface area contributed by atoms with Gasteiger partial charge in [-0.3, -0.25) is 0 Å². The van der Waals surface area contributed by atoms with Crippen LogP contribution in [0.15, 0.2) is 17.0 Å². The third kappa shape index (κ3) is 2.15. The van der Waals surface area contributed by atoms with Crippen molar-refractivity contribution in [3.8, 4) is 5.75 Å². The molecule has 0 N–H and O–H groups in total. The molecule has 0 saturated carbocycles. The summed E-state index contributed by atoms with van der Waals surface area (Å²) in [5.41, 5.74) is 2.59. The molecule has 0 amide bonds. The zero-order valence-electron chi connectivity index (χ0n) is 9.84. The van der Waals surface area contributed by atoms with Crippen LogP contribution in [0, 0.1) is 13.8 Å². The quantitative estimate of drug-likeness (QED) is 0.757. The van der Waals surface area contributed by atoms with Crippen molar-refractivity contribution in [3.63, 3.8) is 0 Å². The molecular formula is C13H20OS. The summed E-state index contributed by atoms with van der Waals surface area (Å²) in [4.78, 5) is 1.58. The molecule has 0 unspecified atom stereocenters. The van der Waals surface area contributed by atoms with E-state index in [0.717, 1.165) is 5.75 Å². The van der Waals surface area contributed by atoms with E-state index in [1.54, 1.807) is 12.0 Å². The molecule has 2 heteroatoms. The summed E-state index contributed by atoms with van der Waals surface area (Å²) >= 11 is 0. The fraction of sp³-hybridized carbons (Fsp3) is 0.538. The lowest BCUT2D eigenvalue weighted by atomic mass is 10.1. The topological polar surface area (TPSA) is 9.23 Å². The van der Waals surface area contributed by atoms with E-state index in [0.29, 0.717) is 0 Å². The van der Waals surface area contributed by atoms with Gasteiger partial charge in [-0.2, -0.15) is 0 Å². The van der Waals surface area contributed by atoms with E-state index in [9.17, 15) is 0 Å². The van der Waals surface area contributed by atoms with Crippen LogP contribution < -0.4 is 4.74 Å². The van der Waals surface area contributed by atoms with Crippen molar-refractivity contribution in [2.75, 3.05) is 18.6 Å². The zero-order valence-corrected chi connectivity index (χ0v) is 10.7. The average molecular weight is 224 g/mol. The molecule has 1 aromatic carbocycles. The van der Waals surface area contributed by atoms with Crippen LogP contribution in [0.2, 0.25) is 0 Å². The molecular weight excluding hydrogens is 204 g/mol. The minimum absolute atomic E-state index is 0.154. The van der Waals surface area contributed by atoms with Gasteiger partial charge in [0.05, 0.1) is 7.11 Å². The van der Waals surface area contributed by atoms with Crippen LogP contribution in [0.3, 0.4) is 0 Å². The van der Waals surface area contributed by atoms with E-state index in [-0.39, 0.29) is 10.9 Å². The van der Waals surface area contributed by atoms with Gasteiger partial charge in [0, 0.05) is 0 Å². The fourth-order valence-electron chi connectivity index (χ4n) is 2.41. The van der Waals surface area contributed by atoms with Crippen molar-refractivity contribution >= 4 is 10.9 Å². The van der Waals surface area contributed by atoms with Crippen molar-refractivity contribution in [2.24, 2.45) is 0 Å². The standard InChI is InChI=1S/C13H20OS/c1-10-8-12(15-6-4-5-7-15)9-11(2)13(10)14-3/h8-9,15H,4-7H2,1-3H3. The molecule has 1 aliphatic heterocycles. The van der Waals surface area contributed by atoms with E-state index in [1.807, 2.05) is 0 Å². The van der Waals surface area contributed by atoms with Gasteiger partial charge in [0.2, 0.25) is 0 Å². The predicted octanol–water partition coefficient (Wildman–Crippen LogP) is 3.47. The lowest BCUT2D eigenvalue weighted by Crippen LogP contribution is -1.94. The number of methoxy groups -OCH3 is 1. The van der Waals surface area contributed by atoms with Crippen LogP contribution in [0.4, 0.5) is 0 Å². The first-order valence-electron chi connectivity index (χ1n) is 5.62. The molecule has 1 saturated heterocycles. The number of rotatable bonds is 2. The Morgan fingerprint density at radius 1 is 1.07 bits per heavy atom. The summed E-state index contributed by atoms with van der Waals surface area (Å²) < 4.78 is 5.40. The van der Waals surface area contributed by atoms with Gasteiger partial charge in [-0.05, 0) is 66.3 Å². The van der Waals surface area contributed by atoms with Gasteiger partial charge >= 0.3 is 0 Å². The van der Waals surface area contributed by atoms with Crippen LogP contribution in [0.1, 0.15) is 24.0 Å². The van der Waals surface area contributed by atoms with Crippen LogP contribution in [0.25, 0.3) is 0 Å². The molecule has 15 heavy (non-hydrogen) atoms. The Morgan fingerprint density at radius 3 is 2.07 bits per heavy atom. The van der Waals surface area contributed by atoms with Crippen LogP contribution >= 0.6 is 10.9 Å². The Balaban J connectivity index is 2.33. The van der Waals surface area contributed by atoms with Gasteiger partial charge in [-0.1, -0.05) is 0 Å². The van der Waals surface area contributed by atoms with Gasteiger partial charge < -0.3 is 4.74 Å². The maximum absolute atomic E-state index is 5.40. The molecule has 0 radical (unpaired) electrons. The summed E-state index contributed by atoms with van der Waals surface area (Å²) in [6.07, 6.45) is 2.85. The molecule has 1 aliphatic rings. The maximum Gasteiger partial charge on any atom is 0.124 e. The molecule has 0 atom stereocenters. The van der Waals surface area contributed by atoms with E-state index < -0.39 is 0 Å². The Kier molecular flexibility index (Phi) is 3.25. The Morgan fingerprint density at radius 2 is 1.60 bits per heavy atom. The molecule has 0 aromatic heterocycles. The normalized spacial score (nSPS) is 18.2. The second-order valence-electron chi connectivity index (χ2n) is 4.31. The summed E-state index contributed by atoms with van der Waals surface area (Å²) in [7, 11) is 1.91. The minimum Gasteiger partial charge on any atom is -0.496 e. The smallest absolute Gasteiger partial charge is 0.124 e. The Bertz CT molecular complexity index is 331.